The summed E-state index contributed by atoms with van der Waals surface area (Å²) in [6, 6.07) is 19.8. The summed E-state index contributed by atoms with van der Waals surface area (Å²) < 4.78 is 9.82. The highest BCUT2D eigenvalue weighted by molar-refractivity contribution is 6.04. The summed E-state index contributed by atoms with van der Waals surface area (Å²) in [5, 5.41) is 4.71. The number of benzene rings is 3. The molecule has 0 spiro atoms. The minimum atomic E-state index is -0.970. The Labute approximate surface area is 174 Å². The Morgan fingerprint density at radius 2 is 1.63 bits per heavy atom. The summed E-state index contributed by atoms with van der Waals surface area (Å²) in [6.45, 7) is 1.51. The molecule has 6 heteroatoms. The molecule has 0 aromatic heterocycles. The first-order valence-electron chi connectivity index (χ1n) is 9.33. The van der Waals surface area contributed by atoms with Crippen LogP contribution in [0.5, 0.6) is 0 Å². The molecule has 3 rings (SSSR count). The van der Waals surface area contributed by atoms with Gasteiger partial charge in [0.15, 0.2) is 6.10 Å². The largest absolute Gasteiger partial charge is 0.465 e. The molecule has 0 aliphatic carbocycles. The molecule has 1 amide bonds. The van der Waals surface area contributed by atoms with Gasteiger partial charge in [-0.1, -0.05) is 48.5 Å². The second-order valence-electron chi connectivity index (χ2n) is 6.54. The lowest BCUT2D eigenvalue weighted by Crippen LogP contribution is -2.29. The first-order valence-corrected chi connectivity index (χ1v) is 9.33. The zero-order valence-electron chi connectivity index (χ0n) is 16.6. The fourth-order valence-electron chi connectivity index (χ4n) is 2.85. The molecule has 152 valence electrons. The van der Waals surface area contributed by atoms with Gasteiger partial charge in [-0.05, 0) is 42.1 Å². The van der Waals surface area contributed by atoms with Crippen LogP contribution in [0.3, 0.4) is 0 Å². The Bertz CT molecular complexity index is 1100. The number of rotatable bonds is 6. The van der Waals surface area contributed by atoms with E-state index in [0.717, 1.165) is 10.8 Å². The van der Waals surface area contributed by atoms with Crippen molar-refractivity contribution in [3.05, 3.63) is 83.9 Å². The van der Waals surface area contributed by atoms with Crippen LogP contribution in [-0.4, -0.2) is 31.1 Å². The van der Waals surface area contributed by atoms with Gasteiger partial charge >= 0.3 is 11.9 Å². The van der Waals surface area contributed by atoms with Crippen LogP contribution in [0.25, 0.3) is 16.8 Å². The number of carbonyl (C=O) groups is 3. The van der Waals surface area contributed by atoms with Gasteiger partial charge in [-0.15, -0.1) is 0 Å². The van der Waals surface area contributed by atoms with Crippen molar-refractivity contribution in [1.82, 2.24) is 0 Å². The number of carbonyl (C=O) groups excluding carboxylic acids is 3. The van der Waals surface area contributed by atoms with Crippen LogP contribution in [0.1, 0.15) is 22.8 Å². The topological polar surface area (TPSA) is 81.7 Å². The van der Waals surface area contributed by atoms with Crippen molar-refractivity contribution in [3.8, 4) is 0 Å². The van der Waals surface area contributed by atoms with Crippen LogP contribution in [0.2, 0.25) is 0 Å². The molecule has 0 bridgehead atoms. The Balaban J connectivity index is 1.58. The number of esters is 2. The monoisotopic (exact) mass is 403 g/mol. The highest BCUT2D eigenvalue weighted by atomic mass is 16.5. The van der Waals surface area contributed by atoms with Gasteiger partial charge in [-0.2, -0.15) is 0 Å². The van der Waals surface area contributed by atoms with E-state index in [4.69, 9.17) is 4.74 Å². The third kappa shape index (κ3) is 5.11. The lowest BCUT2D eigenvalue weighted by atomic mass is 10.1. The summed E-state index contributed by atoms with van der Waals surface area (Å²) in [5.41, 5.74) is 1.77. The van der Waals surface area contributed by atoms with Crippen molar-refractivity contribution in [2.24, 2.45) is 0 Å². The number of methoxy groups -OCH3 is 1. The predicted octanol–water partition coefficient (Wildman–Crippen LogP) is 4.21. The summed E-state index contributed by atoms with van der Waals surface area (Å²) in [7, 11) is 1.31. The second-order valence-corrected chi connectivity index (χ2v) is 6.54. The fraction of sp³-hybridized carbons (Fsp3) is 0.125. The molecule has 0 saturated heterocycles. The standard InChI is InChI=1S/C24H21NO5/c1-16(23(27)25-21-9-5-7-18-6-3-4-8-20(18)21)30-22(26)15-12-17-10-13-19(14-11-17)24(28)29-2/h3-16H,1-2H3,(H,25,27)/b15-12+/t16-/m1/s1. The van der Waals surface area contributed by atoms with E-state index in [9.17, 15) is 14.4 Å². The first-order chi connectivity index (χ1) is 14.5. The van der Waals surface area contributed by atoms with Crippen molar-refractivity contribution in [2.75, 3.05) is 12.4 Å². The Kier molecular flexibility index (Phi) is 6.60. The van der Waals surface area contributed by atoms with Crippen molar-refractivity contribution in [2.45, 2.75) is 13.0 Å². The van der Waals surface area contributed by atoms with E-state index in [1.165, 1.54) is 20.1 Å². The van der Waals surface area contributed by atoms with Gasteiger partial charge < -0.3 is 14.8 Å². The van der Waals surface area contributed by atoms with Gasteiger partial charge in [0, 0.05) is 17.1 Å². The van der Waals surface area contributed by atoms with Gasteiger partial charge in [0.2, 0.25) is 0 Å². The molecule has 0 aliphatic rings. The molecule has 0 heterocycles. The molecule has 0 radical (unpaired) electrons. The maximum Gasteiger partial charge on any atom is 0.337 e. The minimum Gasteiger partial charge on any atom is -0.465 e. The van der Waals surface area contributed by atoms with Gasteiger partial charge in [0.25, 0.3) is 5.91 Å². The SMILES string of the molecule is COC(=O)c1ccc(/C=C/C(=O)O[C@H](C)C(=O)Nc2cccc3ccccc23)cc1. The number of ether oxygens (including phenoxy) is 2. The zero-order valence-corrected chi connectivity index (χ0v) is 16.6. The van der Waals surface area contributed by atoms with Crippen molar-refractivity contribution in [1.29, 1.82) is 0 Å². The van der Waals surface area contributed by atoms with Crippen molar-refractivity contribution >= 4 is 40.4 Å². The molecule has 0 unspecified atom stereocenters. The smallest absolute Gasteiger partial charge is 0.337 e. The van der Waals surface area contributed by atoms with E-state index in [2.05, 4.69) is 10.1 Å². The summed E-state index contributed by atoms with van der Waals surface area (Å²) in [4.78, 5) is 35.9. The van der Waals surface area contributed by atoms with Crippen LogP contribution in [0, 0.1) is 0 Å². The lowest BCUT2D eigenvalue weighted by molar-refractivity contribution is -0.148. The van der Waals surface area contributed by atoms with E-state index >= 15 is 0 Å². The molecule has 3 aromatic carbocycles. The molecule has 0 saturated carbocycles. The van der Waals surface area contributed by atoms with Gasteiger partial charge in [-0.3, -0.25) is 4.79 Å². The van der Waals surface area contributed by atoms with Crippen LogP contribution >= 0.6 is 0 Å². The highest BCUT2D eigenvalue weighted by Gasteiger charge is 2.17. The molecule has 30 heavy (non-hydrogen) atoms. The zero-order chi connectivity index (χ0) is 21.5. The third-order valence-corrected chi connectivity index (χ3v) is 4.45. The van der Waals surface area contributed by atoms with Crippen molar-refractivity contribution < 1.29 is 23.9 Å². The average molecular weight is 403 g/mol. The average Bonchev–Trinajstić information content (AvgIpc) is 2.77. The third-order valence-electron chi connectivity index (χ3n) is 4.45. The molecule has 0 fully saturated rings. The maximum absolute atomic E-state index is 12.4. The van der Waals surface area contributed by atoms with E-state index in [1.54, 1.807) is 36.4 Å². The molecular formula is C24H21NO5. The second kappa shape index (κ2) is 9.52. The van der Waals surface area contributed by atoms with Crippen LogP contribution in [-0.2, 0) is 19.1 Å². The van der Waals surface area contributed by atoms with Gasteiger partial charge in [-0.25, -0.2) is 9.59 Å². The number of amides is 1. The molecule has 1 N–H and O–H groups in total. The summed E-state index contributed by atoms with van der Waals surface area (Å²) in [5.74, 6) is -1.50. The van der Waals surface area contributed by atoms with Gasteiger partial charge in [0.05, 0.1) is 12.7 Å². The van der Waals surface area contributed by atoms with E-state index in [1.807, 2.05) is 36.4 Å². The van der Waals surface area contributed by atoms with Crippen LogP contribution in [0.4, 0.5) is 5.69 Å². The maximum atomic E-state index is 12.4. The Hall–Kier alpha value is -3.93. The van der Waals surface area contributed by atoms with Crippen molar-refractivity contribution in [3.63, 3.8) is 0 Å². The number of nitrogens with one attached hydrogen (secondary N) is 1. The number of anilines is 1. The quantitative estimate of drug-likeness (QED) is 0.493. The highest BCUT2D eigenvalue weighted by Crippen LogP contribution is 2.23. The molecule has 6 nitrogen and oxygen atoms in total. The molecule has 1 atom stereocenters. The molecule has 3 aromatic rings. The molecular weight excluding hydrogens is 382 g/mol. The summed E-state index contributed by atoms with van der Waals surface area (Å²) in [6.07, 6.45) is 1.80. The first kappa shape index (κ1) is 20.8. The molecule has 0 aliphatic heterocycles. The fourth-order valence-corrected chi connectivity index (χ4v) is 2.85. The van der Waals surface area contributed by atoms with E-state index < -0.39 is 23.9 Å². The number of hydrogen-bond donors (Lipinski definition) is 1. The lowest BCUT2D eigenvalue weighted by Gasteiger charge is -2.14. The number of fused-ring (bicyclic) bond motifs is 1. The van der Waals surface area contributed by atoms with Gasteiger partial charge in [0.1, 0.15) is 0 Å². The van der Waals surface area contributed by atoms with Crippen LogP contribution in [0.15, 0.2) is 72.8 Å². The predicted molar refractivity (Wildman–Crippen MR) is 115 cm³/mol. The normalized spacial score (nSPS) is 11.8. The Morgan fingerprint density at radius 3 is 2.37 bits per heavy atom. The number of hydrogen-bond acceptors (Lipinski definition) is 5. The minimum absolute atomic E-state index is 0.413. The summed E-state index contributed by atoms with van der Waals surface area (Å²) >= 11 is 0. The van der Waals surface area contributed by atoms with E-state index in [-0.39, 0.29) is 0 Å². The van der Waals surface area contributed by atoms with E-state index in [0.29, 0.717) is 16.8 Å². The Morgan fingerprint density at radius 1 is 0.933 bits per heavy atom. The van der Waals surface area contributed by atoms with Crippen LogP contribution < -0.4 is 5.32 Å².